The number of esters is 1. The zero-order valence-electron chi connectivity index (χ0n) is 12.5. The number of benzene rings is 2. The first-order valence-corrected chi connectivity index (χ1v) is 8.80. The second kappa shape index (κ2) is 7.59. The van der Waals surface area contributed by atoms with Gasteiger partial charge in [-0.05, 0) is 48.9 Å². The maximum absolute atomic E-state index is 12.2. The van der Waals surface area contributed by atoms with Crippen LogP contribution in [0.25, 0.3) is 0 Å². The molecule has 2 aromatic rings. The number of ether oxygens (including phenoxy) is 1. The van der Waals surface area contributed by atoms with Crippen LogP contribution in [-0.4, -0.2) is 21.0 Å². The maximum Gasteiger partial charge on any atom is 0.338 e. The molecule has 0 unspecified atom stereocenters. The Morgan fingerprint density at radius 2 is 1.70 bits per heavy atom. The summed E-state index contributed by atoms with van der Waals surface area (Å²) in [5.41, 5.74) is 1.10. The highest BCUT2D eigenvalue weighted by Gasteiger charge is 2.15. The Labute approximate surface area is 140 Å². The molecule has 0 aliphatic heterocycles. The highest BCUT2D eigenvalue weighted by Crippen LogP contribution is 2.13. The fourth-order valence-electron chi connectivity index (χ4n) is 1.85. The van der Waals surface area contributed by atoms with Crippen molar-refractivity contribution in [3.8, 4) is 0 Å². The maximum atomic E-state index is 12.2. The summed E-state index contributed by atoms with van der Waals surface area (Å²) >= 11 is 5.78. The van der Waals surface area contributed by atoms with E-state index >= 15 is 0 Å². The molecule has 0 spiro atoms. The number of halogens is 1. The topological polar surface area (TPSA) is 72.5 Å². The number of nitrogens with one attached hydrogen (secondary N) is 1. The highest BCUT2D eigenvalue weighted by molar-refractivity contribution is 7.89. The van der Waals surface area contributed by atoms with Gasteiger partial charge in [-0.25, -0.2) is 17.9 Å². The van der Waals surface area contributed by atoms with Crippen LogP contribution in [0.1, 0.15) is 22.8 Å². The molecular weight excluding hydrogens is 338 g/mol. The Morgan fingerprint density at radius 1 is 1.09 bits per heavy atom. The summed E-state index contributed by atoms with van der Waals surface area (Å²) in [5, 5.41) is 0.589. The molecule has 0 saturated carbocycles. The van der Waals surface area contributed by atoms with Gasteiger partial charge in [-0.15, -0.1) is 0 Å². The van der Waals surface area contributed by atoms with E-state index in [-0.39, 0.29) is 18.0 Å². The molecule has 122 valence electrons. The van der Waals surface area contributed by atoms with Gasteiger partial charge in [-0.2, -0.15) is 0 Å². The third kappa shape index (κ3) is 4.79. The number of sulfonamides is 1. The summed E-state index contributed by atoms with van der Waals surface area (Å²) in [5.74, 6) is -0.481. The second-order valence-corrected chi connectivity index (χ2v) is 6.90. The van der Waals surface area contributed by atoms with Crippen LogP contribution in [0.2, 0.25) is 5.02 Å². The van der Waals surface area contributed by atoms with Gasteiger partial charge < -0.3 is 4.74 Å². The Bertz CT molecular complexity index is 771. The van der Waals surface area contributed by atoms with E-state index in [1.165, 1.54) is 24.3 Å². The van der Waals surface area contributed by atoms with Crippen molar-refractivity contribution in [2.45, 2.75) is 18.4 Å². The lowest BCUT2D eigenvalue weighted by Crippen LogP contribution is -2.23. The summed E-state index contributed by atoms with van der Waals surface area (Å²) in [4.78, 5) is 11.6. The predicted octanol–water partition coefficient (Wildman–Crippen LogP) is 3.00. The molecular formula is C16H16ClNO4S. The van der Waals surface area contributed by atoms with Crippen molar-refractivity contribution < 1.29 is 17.9 Å². The molecule has 0 bridgehead atoms. The van der Waals surface area contributed by atoms with E-state index in [0.29, 0.717) is 10.6 Å². The van der Waals surface area contributed by atoms with Gasteiger partial charge >= 0.3 is 5.97 Å². The number of carbonyl (C=O) groups is 1. The van der Waals surface area contributed by atoms with Gasteiger partial charge in [0.05, 0.1) is 17.1 Å². The summed E-state index contributed by atoms with van der Waals surface area (Å²) in [6.45, 7) is 2.12. The number of carbonyl (C=O) groups excluding carboxylic acids is 1. The fourth-order valence-corrected chi connectivity index (χ4v) is 2.99. The standard InChI is InChI=1S/C16H16ClNO4S/c1-2-22-16(19)13-5-9-15(10-6-13)23(20,21)18-11-12-3-7-14(17)8-4-12/h3-10,18H,2,11H2,1H3. The highest BCUT2D eigenvalue weighted by atomic mass is 35.5. The van der Waals surface area contributed by atoms with Gasteiger partial charge in [0.25, 0.3) is 0 Å². The van der Waals surface area contributed by atoms with E-state index < -0.39 is 16.0 Å². The Hall–Kier alpha value is -1.89. The van der Waals surface area contributed by atoms with Gasteiger partial charge in [-0.3, -0.25) is 0 Å². The van der Waals surface area contributed by atoms with Gasteiger partial charge in [0.2, 0.25) is 10.0 Å². The Morgan fingerprint density at radius 3 is 2.26 bits per heavy atom. The van der Waals surface area contributed by atoms with Gasteiger partial charge in [-0.1, -0.05) is 23.7 Å². The molecule has 0 atom stereocenters. The lowest BCUT2D eigenvalue weighted by Gasteiger charge is -2.08. The predicted molar refractivity (Wildman–Crippen MR) is 87.9 cm³/mol. The largest absolute Gasteiger partial charge is 0.462 e. The molecule has 0 amide bonds. The van der Waals surface area contributed by atoms with E-state index in [1.807, 2.05) is 0 Å². The number of hydrogen-bond donors (Lipinski definition) is 1. The van der Waals surface area contributed by atoms with Crippen LogP contribution >= 0.6 is 11.6 Å². The van der Waals surface area contributed by atoms with E-state index in [1.54, 1.807) is 31.2 Å². The van der Waals surface area contributed by atoms with E-state index in [4.69, 9.17) is 16.3 Å². The quantitative estimate of drug-likeness (QED) is 0.810. The first-order chi connectivity index (χ1) is 10.9. The van der Waals surface area contributed by atoms with Gasteiger partial charge in [0.1, 0.15) is 0 Å². The van der Waals surface area contributed by atoms with Crippen molar-refractivity contribution in [1.29, 1.82) is 0 Å². The lowest BCUT2D eigenvalue weighted by atomic mass is 10.2. The third-order valence-electron chi connectivity index (χ3n) is 3.06. The molecule has 0 aliphatic rings. The van der Waals surface area contributed by atoms with E-state index in [0.717, 1.165) is 5.56 Å². The molecule has 7 heteroatoms. The van der Waals surface area contributed by atoms with Crippen molar-refractivity contribution in [1.82, 2.24) is 4.72 Å². The lowest BCUT2D eigenvalue weighted by molar-refractivity contribution is 0.0526. The number of hydrogen-bond acceptors (Lipinski definition) is 4. The summed E-state index contributed by atoms with van der Waals surface area (Å²) in [7, 11) is -3.66. The molecule has 0 fully saturated rings. The average molecular weight is 354 g/mol. The first kappa shape index (κ1) is 17.5. The third-order valence-corrected chi connectivity index (χ3v) is 4.72. The van der Waals surface area contributed by atoms with Crippen molar-refractivity contribution in [3.63, 3.8) is 0 Å². The van der Waals surface area contributed by atoms with Crippen LogP contribution in [0.4, 0.5) is 0 Å². The Balaban J connectivity index is 2.07. The molecule has 5 nitrogen and oxygen atoms in total. The minimum Gasteiger partial charge on any atom is -0.462 e. The van der Waals surface area contributed by atoms with Gasteiger partial charge in [0.15, 0.2) is 0 Å². The van der Waals surface area contributed by atoms with Crippen molar-refractivity contribution in [3.05, 3.63) is 64.7 Å². The van der Waals surface area contributed by atoms with Crippen molar-refractivity contribution in [2.75, 3.05) is 6.61 Å². The van der Waals surface area contributed by atoms with Crippen LogP contribution < -0.4 is 4.72 Å². The van der Waals surface area contributed by atoms with Crippen LogP contribution in [-0.2, 0) is 21.3 Å². The minimum atomic E-state index is -3.66. The van der Waals surface area contributed by atoms with Crippen LogP contribution in [0, 0.1) is 0 Å². The number of rotatable bonds is 6. The molecule has 0 radical (unpaired) electrons. The smallest absolute Gasteiger partial charge is 0.338 e. The molecule has 0 heterocycles. The fraction of sp³-hybridized carbons (Fsp3) is 0.188. The molecule has 23 heavy (non-hydrogen) atoms. The SMILES string of the molecule is CCOC(=O)c1ccc(S(=O)(=O)NCc2ccc(Cl)cc2)cc1. The molecule has 0 aliphatic carbocycles. The van der Waals surface area contributed by atoms with E-state index in [2.05, 4.69) is 4.72 Å². The summed E-state index contributed by atoms with van der Waals surface area (Å²) < 4.78 is 31.8. The van der Waals surface area contributed by atoms with Crippen LogP contribution in [0.3, 0.4) is 0 Å². The zero-order valence-corrected chi connectivity index (χ0v) is 14.0. The molecule has 2 rings (SSSR count). The molecule has 2 aromatic carbocycles. The van der Waals surface area contributed by atoms with E-state index in [9.17, 15) is 13.2 Å². The summed E-state index contributed by atoms with van der Waals surface area (Å²) in [6, 6.07) is 12.5. The summed E-state index contributed by atoms with van der Waals surface area (Å²) in [6.07, 6.45) is 0. The molecule has 0 saturated heterocycles. The minimum absolute atomic E-state index is 0.0829. The average Bonchev–Trinajstić information content (AvgIpc) is 2.55. The van der Waals surface area contributed by atoms with Crippen molar-refractivity contribution >= 4 is 27.6 Å². The molecule has 1 N–H and O–H groups in total. The first-order valence-electron chi connectivity index (χ1n) is 6.93. The van der Waals surface area contributed by atoms with Gasteiger partial charge in [0, 0.05) is 11.6 Å². The normalized spacial score (nSPS) is 11.2. The zero-order chi connectivity index (χ0) is 16.9. The van der Waals surface area contributed by atoms with Crippen LogP contribution in [0.5, 0.6) is 0 Å². The monoisotopic (exact) mass is 353 g/mol. The van der Waals surface area contributed by atoms with Crippen molar-refractivity contribution in [2.24, 2.45) is 0 Å². The Kier molecular flexibility index (Phi) is 5.76. The molecule has 0 aromatic heterocycles. The van der Waals surface area contributed by atoms with Crippen LogP contribution in [0.15, 0.2) is 53.4 Å². The second-order valence-electron chi connectivity index (χ2n) is 4.70.